The quantitative estimate of drug-likeness (QED) is 0.394. The van der Waals surface area contributed by atoms with Crippen LogP contribution in [0.15, 0.2) is 12.7 Å². The van der Waals surface area contributed by atoms with Gasteiger partial charge in [0.05, 0.1) is 0 Å². The van der Waals surface area contributed by atoms with Crippen LogP contribution in [0.5, 0.6) is 0 Å². The van der Waals surface area contributed by atoms with Crippen molar-refractivity contribution in [2.24, 2.45) is 17.3 Å². The Morgan fingerprint density at radius 3 is 2.68 bits per heavy atom. The van der Waals surface area contributed by atoms with E-state index in [1.165, 1.54) is 0 Å². The normalized spacial score (nSPS) is 34.3. The van der Waals surface area contributed by atoms with Gasteiger partial charge in [-0.1, -0.05) is 0 Å². The summed E-state index contributed by atoms with van der Waals surface area (Å²) in [5.41, 5.74) is -0.607. The number of nitrogens with zero attached hydrogens (tertiary/aromatic N) is 1. The maximum absolute atomic E-state index is 14.8. The van der Waals surface area contributed by atoms with Gasteiger partial charge < -0.3 is 0 Å². The second kappa shape index (κ2) is 7.70. The number of hydrogen-bond donors (Lipinski definition) is 0. The van der Waals surface area contributed by atoms with Crippen molar-refractivity contribution >= 4 is 17.4 Å². The fraction of sp³-hybridized carbons (Fsp3) is 0.765. The number of rotatable bonds is 6. The first-order valence-corrected chi connectivity index (χ1v) is 9.64. The van der Waals surface area contributed by atoms with Crippen LogP contribution >= 0.6 is 0 Å². The molecule has 142 valence electrons. The molecule has 0 bridgehead atoms. The summed E-state index contributed by atoms with van der Waals surface area (Å²) < 4.78 is 40.4. The number of hydrogen-bond acceptors (Lipinski definition) is 3. The molecule has 1 spiro atoms. The van der Waals surface area contributed by atoms with Gasteiger partial charge in [0.15, 0.2) is 0 Å². The van der Waals surface area contributed by atoms with Crippen molar-refractivity contribution in [1.82, 2.24) is 0 Å². The van der Waals surface area contributed by atoms with Crippen molar-refractivity contribution in [3.63, 3.8) is 0 Å². The third-order valence-corrected chi connectivity index (χ3v) is 7.11. The monoisotopic (exact) mass is 395 g/mol. The van der Waals surface area contributed by atoms with Gasteiger partial charge in [0, 0.05) is 0 Å². The van der Waals surface area contributed by atoms with Crippen LogP contribution in [0.25, 0.3) is 0 Å². The number of carbonyl (C=O) groups excluding carboxylic acids is 1. The average molecular weight is 395 g/mol. The molecule has 25 heavy (non-hydrogen) atoms. The Balaban J connectivity index is 2.44. The molecule has 3 atom stereocenters. The summed E-state index contributed by atoms with van der Waals surface area (Å²) in [5, 5.41) is 0. The first-order valence-electron chi connectivity index (χ1n) is 9.01. The summed E-state index contributed by atoms with van der Waals surface area (Å²) in [6.07, 6.45) is 2.56. The molecule has 0 aromatic rings. The summed E-state index contributed by atoms with van der Waals surface area (Å²) in [7, 11) is -4.01. The predicted octanol–water partition coefficient (Wildman–Crippen LogP) is 2.73. The summed E-state index contributed by atoms with van der Waals surface area (Å²) in [4.78, 5) is 12.3. The SMILES string of the molecule is C=CCOC[C@H]1[C@H](C)C(=O)CC[C@@]12C[N+](CC)(CC)[B-](F)(F)O[C]2=[Cr]. The minimum atomic E-state index is -4.01. The molecular formula is C17H28BCrF2NO3. The van der Waals surface area contributed by atoms with Crippen molar-refractivity contribution < 1.29 is 43.1 Å². The van der Waals surface area contributed by atoms with E-state index in [0.29, 0.717) is 39.1 Å². The van der Waals surface area contributed by atoms with Gasteiger partial charge >= 0.3 is 157 Å². The van der Waals surface area contributed by atoms with Gasteiger partial charge in [-0.25, -0.2) is 0 Å². The molecule has 2 fully saturated rings. The van der Waals surface area contributed by atoms with Crippen LogP contribution in [0, 0.1) is 17.3 Å². The van der Waals surface area contributed by atoms with Gasteiger partial charge in [0.1, 0.15) is 0 Å². The predicted molar refractivity (Wildman–Crippen MR) is 90.6 cm³/mol. The van der Waals surface area contributed by atoms with Crippen LogP contribution in [0.4, 0.5) is 8.63 Å². The van der Waals surface area contributed by atoms with E-state index < -0.39 is 12.5 Å². The number of quaternary nitrogens is 1. The van der Waals surface area contributed by atoms with Crippen molar-refractivity contribution in [1.29, 1.82) is 0 Å². The van der Waals surface area contributed by atoms with Gasteiger partial charge in [-0.3, -0.25) is 0 Å². The first-order chi connectivity index (χ1) is 11.7. The van der Waals surface area contributed by atoms with Crippen molar-refractivity contribution in [2.75, 3.05) is 32.8 Å². The van der Waals surface area contributed by atoms with Crippen LogP contribution in [-0.2, 0) is 30.0 Å². The molecule has 0 unspecified atom stereocenters. The topological polar surface area (TPSA) is 35.5 Å². The van der Waals surface area contributed by atoms with Crippen molar-refractivity contribution in [2.45, 2.75) is 33.6 Å². The van der Waals surface area contributed by atoms with Crippen LogP contribution in [-0.4, -0.2) is 54.6 Å². The van der Waals surface area contributed by atoms with Crippen LogP contribution < -0.4 is 0 Å². The third kappa shape index (κ3) is 3.44. The Labute approximate surface area is 157 Å². The van der Waals surface area contributed by atoms with E-state index in [9.17, 15) is 13.4 Å². The minimum absolute atomic E-state index is 0.166. The number of halogens is 2. The molecule has 2 aliphatic rings. The van der Waals surface area contributed by atoms with Crippen LogP contribution in [0.1, 0.15) is 33.6 Å². The fourth-order valence-corrected chi connectivity index (χ4v) is 5.13. The molecule has 1 aliphatic heterocycles. The van der Waals surface area contributed by atoms with E-state index in [2.05, 4.69) is 22.4 Å². The molecule has 1 heterocycles. The summed E-state index contributed by atoms with van der Waals surface area (Å²) in [6, 6.07) is 0. The van der Waals surface area contributed by atoms with Gasteiger partial charge in [-0.05, 0) is 0 Å². The zero-order valence-corrected chi connectivity index (χ0v) is 16.6. The summed E-state index contributed by atoms with van der Waals surface area (Å²) >= 11 is 2.77. The molecule has 0 aromatic carbocycles. The fourth-order valence-electron chi connectivity index (χ4n) is 4.46. The molecule has 1 saturated heterocycles. The zero-order chi connectivity index (χ0) is 18.9. The number of ketones is 1. The standard InChI is InChI=1S/C17H28BF2NO3.Cr/c1-5-10-23-11-15-14(4)16(22)8-9-17(15)12-21(6-2,7-3)18(19,20)24-13-17;/h5,14-15H,1,6-12H2,2-4H3;/t14-,15-,17-;/m0./s1. The van der Waals surface area contributed by atoms with Crippen LogP contribution in [0.3, 0.4) is 0 Å². The first kappa shape index (κ1) is 20.9. The van der Waals surface area contributed by atoms with Gasteiger partial charge in [-0.2, -0.15) is 0 Å². The maximum atomic E-state index is 14.8. The van der Waals surface area contributed by atoms with E-state index in [0.717, 1.165) is 0 Å². The summed E-state index contributed by atoms with van der Waals surface area (Å²) in [5.74, 6) is -0.271. The molecule has 8 heteroatoms. The molecule has 0 N–H and O–H groups in total. The third-order valence-electron chi connectivity index (χ3n) is 6.32. The van der Waals surface area contributed by atoms with Crippen molar-refractivity contribution in [3.8, 4) is 0 Å². The van der Waals surface area contributed by atoms with Gasteiger partial charge in [-0.15, -0.1) is 0 Å². The zero-order valence-electron chi connectivity index (χ0n) is 15.3. The number of Topliss-reactive ketones (excluding diaryl/α,β-unsaturated/α-hetero) is 1. The number of ether oxygens (including phenoxy) is 1. The molecule has 1 aliphatic carbocycles. The molecule has 0 aromatic heterocycles. The van der Waals surface area contributed by atoms with Gasteiger partial charge in [0.25, 0.3) is 0 Å². The van der Waals surface area contributed by atoms with E-state index in [1.54, 1.807) is 19.9 Å². The average Bonchev–Trinajstić information content (AvgIpc) is 2.57. The molecular weight excluding hydrogens is 367 g/mol. The Hall–Kier alpha value is -0.383. The van der Waals surface area contributed by atoms with Crippen molar-refractivity contribution in [3.05, 3.63) is 12.7 Å². The Morgan fingerprint density at radius 2 is 2.12 bits per heavy atom. The van der Waals surface area contributed by atoms with E-state index in [4.69, 9.17) is 9.39 Å². The second-order valence-corrected chi connectivity index (χ2v) is 7.90. The Bertz CT molecular complexity index is 556. The molecule has 1 saturated carbocycles. The molecule has 0 radical (unpaired) electrons. The van der Waals surface area contributed by atoms with E-state index in [1.807, 2.05) is 6.92 Å². The molecule has 0 amide bonds. The second-order valence-electron chi connectivity index (χ2n) is 7.32. The Morgan fingerprint density at radius 1 is 1.48 bits per heavy atom. The molecule has 2 rings (SSSR count). The van der Waals surface area contributed by atoms with E-state index >= 15 is 0 Å². The molecule has 4 nitrogen and oxygen atoms in total. The number of carbonyl (C=O) groups is 1. The Kier molecular flexibility index (Phi) is 6.44. The van der Waals surface area contributed by atoms with E-state index in [-0.39, 0.29) is 33.1 Å². The van der Waals surface area contributed by atoms with Gasteiger partial charge in [0.2, 0.25) is 0 Å². The summed E-state index contributed by atoms with van der Waals surface area (Å²) in [6.45, 7) is 10.6. The van der Waals surface area contributed by atoms with Crippen LogP contribution in [0.2, 0.25) is 0 Å².